The van der Waals surface area contributed by atoms with E-state index in [9.17, 15) is 4.79 Å². The molecule has 0 bridgehead atoms. The second-order valence-corrected chi connectivity index (χ2v) is 2.44. The van der Waals surface area contributed by atoms with Crippen LogP contribution < -0.4 is 0 Å². The van der Waals surface area contributed by atoms with Crippen molar-refractivity contribution < 1.29 is 14.6 Å². The van der Waals surface area contributed by atoms with E-state index in [1.165, 1.54) is 0 Å². The Balaban J connectivity index is 2.34. The Morgan fingerprint density at radius 3 is 2.56 bits per heavy atom. The predicted octanol–water partition coefficient (Wildman–Crippen LogP) is 0.518. The summed E-state index contributed by atoms with van der Waals surface area (Å²) in [7, 11) is 0. The lowest BCUT2D eigenvalue weighted by atomic mass is 10.3. The second kappa shape index (κ2) is 1.12. The van der Waals surface area contributed by atoms with Gasteiger partial charge in [-0.1, -0.05) is 0 Å². The van der Waals surface area contributed by atoms with Crippen molar-refractivity contribution in [3.63, 3.8) is 0 Å². The molecule has 2 rings (SSSR count). The molecule has 9 heavy (non-hydrogen) atoms. The van der Waals surface area contributed by atoms with Crippen molar-refractivity contribution in [3.8, 4) is 0 Å². The number of carbonyl (C=O) groups is 1. The van der Waals surface area contributed by atoms with Gasteiger partial charge in [0.25, 0.3) is 0 Å². The van der Waals surface area contributed by atoms with Crippen LogP contribution in [-0.4, -0.2) is 16.7 Å². The fourth-order valence-corrected chi connectivity index (χ4v) is 0.989. The molecule has 1 aliphatic carbocycles. The van der Waals surface area contributed by atoms with Crippen molar-refractivity contribution in [3.05, 3.63) is 11.8 Å². The van der Waals surface area contributed by atoms with Gasteiger partial charge >= 0.3 is 5.97 Å². The van der Waals surface area contributed by atoms with Crippen molar-refractivity contribution in [1.29, 1.82) is 0 Å². The van der Waals surface area contributed by atoms with Crippen molar-refractivity contribution in [2.45, 2.75) is 18.4 Å². The third-order valence-corrected chi connectivity index (χ3v) is 1.72. The summed E-state index contributed by atoms with van der Waals surface area (Å²) in [5, 5.41) is 9.01. The largest absolute Gasteiger partial charge is 0.508 e. The molecule has 1 saturated carbocycles. The Bertz CT molecular complexity index is 200. The van der Waals surface area contributed by atoms with Crippen LogP contribution >= 0.6 is 0 Å². The lowest BCUT2D eigenvalue weighted by Crippen LogP contribution is -2.11. The van der Waals surface area contributed by atoms with E-state index in [2.05, 4.69) is 0 Å². The molecule has 2 aliphatic rings. The molecule has 3 nitrogen and oxygen atoms in total. The number of rotatable bonds is 0. The number of hydrogen-bond donors (Lipinski definition) is 1. The van der Waals surface area contributed by atoms with Gasteiger partial charge in [0.05, 0.1) is 6.08 Å². The highest BCUT2D eigenvalue weighted by Crippen LogP contribution is 2.47. The number of carbonyl (C=O) groups excluding carboxylic acids is 1. The molecular weight excluding hydrogens is 120 g/mol. The molecule has 1 heterocycles. The first-order chi connectivity index (χ1) is 4.23. The molecule has 48 valence electrons. The summed E-state index contributed by atoms with van der Waals surface area (Å²) in [5.41, 5.74) is -0.558. The van der Waals surface area contributed by atoms with Crippen LogP contribution in [0, 0.1) is 0 Å². The lowest BCUT2D eigenvalue weighted by Gasteiger charge is -2.04. The highest BCUT2D eigenvalue weighted by molar-refractivity contribution is 5.86. The maximum Gasteiger partial charge on any atom is 0.335 e. The molecule has 0 saturated heterocycles. The molecule has 0 aromatic carbocycles. The standard InChI is InChI=1S/C6H6O3/c7-4-3-5(8)9-6(4)1-2-6/h3,7H,1-2H2. The van der Waals surface area contributed by atoms with Gasteiger partial charge in [0.15, 0.2) is 5.60 Å². The molecule has 1 aliphatic heterocycles. The minimum atomic E-state index is -0.558. The van der Waals surface area contributed by atoms with Gasteiger partial charge < -0.3 is 9.84 Å². The van der Waals surface area contributed by atoms with Gasteiger partial charge in [-0.05, 0) is 12.8 Å². The normalized spacial score (nSPS) is 28.0. The van der Waals surface area contributed by atoms with E-state index in [4.69, 9.17) is 9.84 Å². The van der Waals surface area contributed by atoms with Gasteiger partial charge in [-0.3, -0.25) is 0 Å². The third-order valence-electron chi connectivity index (χ3n) is 1.72. The molecule has 3 heteroatoms. The van der Waals surface area contributed by atoms with Crippen LogP contribution in [0.2, 0.25) is 0 Å². The average Bonchev–Trinajstić information content (AvgIpc) is 2.42. The lowest BCUT2D eigenvalue weighted by molar-refractivity contribution is -0.140. The van der Waals surface area contributed by atoms with Crippen molar-refractivity contribution in [1.82, 2.24) is 0 Å². The summed E-state index contributed by atoms with van der Waals surface area (Å²) in [5.74, 6) is -0.308. The van der Waals surface area contributed by atoms with Gasteiger partial charge in [0, 0.05) is 0 Å². The van der Waals surface area contributed by atoms with Crippen molar-refractivity contribution in [2.24, 2.45) is 0 Å². The van der Waals surface area contributed by atoms with E-state index >= 15 is 0 Å². The van der Waals surface area contributed by atoms with E-state index in [-0.39, 0.29) is 5.76 Å². The second-order valence-electron chi connectivity index (χ2n) is 2.44. The van der Waals surface area contributed by atoms with Gasteiger partial charge in [-0.2, -0.15) is 0 Å². The number of hydrogen-bond acceptors (Lipinski definition) is 3. The zero-order valence-electron chi connectivity index (χ0n) is 4.76. The number of ether oxygens (including phenoxy) is 1. The van der Waals surface area contributed by atoms with Gasteiger partial charge in [-0.15, -0.1) is 0 Å². The van der Waals surface area contributed by atoms with E-state index < -0.39 is 11.6 Å². The monoisotopic (exact) mass is 126 g/mol. The minimum Gasteiger partial charge on any atom is -0.508 e. The van der Waals surface area contributed by atoms with E-state index in [1.807, 2.05) is 0 Å². The topological polar surface area (TPSA) is 46.5 Å². The van der Waals surface area contributed by atoms with Crippen LogP contribution in [-0.2, 0) is 9.53 Å². The molecule has 0 unspecified atom stereocenters. The molecule has 0 radical (unpaired) electrons. The van der Waals surface area contributed by atoms with Crippen molar-refractivity contribution >= 4 is 5.97 Å². The average molecular weight is 126 g/mol. The zero-order valence-corrected chi connectivity index (χ0v) is 4.76. The first-order valence-corrected chi connectivity index (χ1v) is 2.87. The quantitative estimate of drug-likeness (QED) is 0.481. The summed E-state index contributed by atoms with van der Waals surface area (Å²) < 4.78 is 4.79. The summed E-state index contributed by atoms with van der Waals surface area (Å²) in [6, 6.07) is 0. The third kappa shape index (κ3) is 0.487. The molecule has 1 fully saturated rings. The summed E-state index contributed by atoms with van der Waals surface area (Å²) in [6.07, 6.45) is 2.70. The molecule has 1 N–H and O–H groups in total. The van der Waals surface area contributed by atoms with Crippen LogP contribution in [0.4, 0.5) is 0 Å². The Morgan fingerprint density at radius 2 is 2.33 bits per heavy atom. The Kier molecular flexibility index (Phi) is 0.605. The maximum atomic E-state index is 10.5. The highest BCUT2D eigenvalue weighted by atomic mass is 16.6. The Morgan fingerprint density at radius 1 is 1.67 bits per heavy atom. The van der Waals surface area contributed by atoms with E-state index in [1.54, 1.807) is 0 Å². The molecule has 0 amide bonds. The SMILES string of the molecule is O=C1C=C(O)C2(CC2)O1. The van der Waals surface area contributed by atoms with Crippen molar-refractivity contribution in [2.75, 3.05) is 0 Å². The van der Waals surface area contributed by atoms with Gasteiger partial charge in [-0.25, -0.2) is 4.79 Å². The summed E-state index contributed by atoms with van der Waals surface area (Å²) >= 11 is 0. The summed E-state index contributed by atoms with van der Waals surface area (Å²) in [6.45, 7) is 0. The van der Waals surface area contributed by atoms with Gasteiger partial charge in [0.1, 0.15) is 5.76 Å². The number of aliphatic hydroxyl groups excluding tert-OH is 1. The van der Waals surface area contributed by atoms with Crippen LogP contribution in [0.5, 0.6) is 0 Å². The first-order valence-electron chi connectivity index (χ1n) is 2.87. The number of aliphatic hydroxyl groups is 1. The molecular formula is C6H6O3. The van der Waals surface area contributed by atoms with Crippen LogP contribution in [0.1, 0.15) is 12.8 Å². The molecule has 0 aromatic heterocycles. The number of esters is 1. The molecule has 0 atom stereocenters. The fraction of sp³-hybridized carbons (Fsp3) is 0.500. The fourth-order valence-electron chi connectivity index (χ4n) is 0.989. The van der Waals surface area contributed by atoms with Crippen LogP contribution in [0.15, 0.2) is 11.8 Å². The smallest absolute Gasteiger partial charge is 0.335 e. The zero-order chi connectivity index (χ0) is 6.48. The highest BCUT2D eigenvalue weighted by Gasteiger charge is 2.54. The summed E-state index contributed by atoms with van der Waals surface area (Å²) in [4.78, 5) is 10.5. The van der Waals surface area contributed by atoms with Gasteiger partial charge in [0.2, 0.25) is 0 Å². The molecule has 0 aromatic rings. The van der Waals surface area contributed by atoms with E-state index in [0.717, 1.165) is 18.9 Å². The van der Waals surface area contributed by atoms with E-state index in [0.29, 0.717) is 0 Å². The first kappa shape index (κ1) is 4.85. The predicted molar refractivity (Wildman–Crippen MR) is 28.8 cm³/mol. The Labute approximate surface area is 51.9 Å². The Hall–Kier alpha value is -0.990. The van der Waals surface area contributed by atoms with Crippen LogP contribution in [0.25, 0.3) is 0 Å². The molecule has 1 spiro atoms. The maximum absolute atomic E-state index is 10.5. The van der Waals surface area contributed by atoms with Crippen LogP contribution in [0.3, 0.4) is 0 Å². The minimum absolute atomic E-state index is 0.104.